The predicted molar refractivity (Wildman–Crippen MR) is 177 cm³/mol. The minimum absolute atomic E-state index is 0.0519. The second-order valence-corrected chi connectivity index (χ2v) is 11.5. The maximum atomic E-state index is 13.7. The van der Waals surface area contributed by atoms with Crippen LogP contribution in [0.1, 0.15) is 90.1 Å². The van der Waals surface area contributed by atoms with Gasteiger partial charge < -0.3 is 10.6 Å². The van der Waals surface area contributed by atoms with Gasteiger partial charge in [0.15, 0.2) is 0 Å². The zero-order valence-corrected chi connectivity index (χ0v) is 27.0. The molecule has 0 aliphatic carbocycles. The van der Waals surface area contributed by atoms with Crippen molar-refractivity contribution in [1.82, 2.24) is 25.7 Å². The number of carbonyl (C=O) groups excluding carboxylic acids is 2. The van der Waals surface area contributed by atoms with Crippen LogP contribution in [0.2, 0.25) is 0 Å². The van der Waals surface area contributed by atoms with Gasteiger partial charge in [0, 0.05) is 35.1 Å². The van der Waals surface area contributed by atoms with E-state index < -0.39 is 0 Å². The summed E-state index contributed by atoms with van der Waals surface area (Å²) >= 11 is 0. The van der Waals surface area contributed by atoms with Crippen LogP contribution in [-0.2, 0) is 9.59 Å². The van der Waals surface area contributed by atoms with Crippen molar-refractivity contribution in [2.24, 2.45) is 9.98 Å². The van der Waals surface area contributed by atoms with E-state index in [0.29, 0.717) is 29.1 Å². The summed E-state index contributed by atoms with van der Waals surface area (Å²) in [6.45, 7) is 16.1. The third kappa shape index (κ3) is 10.1. The number of amides is 2. The molecule has 1 aromatic heterocycles. The molecule has 1 saturated heterocycles. The Morgan fingerprint density at radius 2 is 1.81 bits per heavy atom. The van der Waals surface area contributed by atoms with Gasteiger partial charge in [-0.3, -0.25) is 29.6 Å². The number of nitrogens with zero attached hydrogens (tertiary/aromatic N) is 4. The Kier molecular flexibility index (Phi) is 13.1. The first-order chi connectivity index (χ1) is 20.6. The molecule has 0 spiro atoms. The number of aromatic nitrogens is 2. The van der Waals surface area contributed by atoms with Crippen molar-refractivity contribution in [2.75, 3.05) is 19.6 Å². The first-order valence-electron chi connectivity index (χ1n) is 15.5. The van der Waals surface area contributed by atoms with E-state index in [4.69, 9.17) is 9.98 Å². The number of rotatable bonds is 11. The molecule has 3 N–H and O–H groups in total. The SMILES string of the molecule is CCC/C=C/C(=C\C(NC(=O)\C1=C(C)/C=N\C(c2c(C)n[nH]c2C)=C/C(CC)N=C1)=C(C)C)NC(=O)CN1CCCCC1. The molecule has 1 atom stereocenters. The molecule has 0 saturated carbocycles. The summed E-state index contributed by atoms with van der Waals surface area (Å²) in [5.74, 6) is -0.338. The number of piperidine rings is 1. The Balaban J connectivity index is 1.87. The maximum Gasteiger partial charge on any atom is 0.257 e. The quantitative estimate of drug-likeness (QED) is 0.281. The van der Waals surface area contributed by atoms with Gasteiger partial charge in [-0.25, -0.2) is 0 Å². The fourth-order valence-electron chi connectivity index (χ4n) is 4.99. The standard InChI is InChI=1S/C34H49N7O2/c1-8-10-12-15-28(37-32(42)22-41-16-13-11-14-17-41)19-30(23(3)4)38-34(43)29-21-35-27(9-2)18-31(36-20-24(29)5)33-25(6)39-40-26(33)7/h12,15,18-21,27H,8-11,13-14,16-17,22H2,1-7H3,(H,37,42)(H,38,43)(H,39,40)/b15-12+,28-19+,29-24-,31-18-,35-21?,36-20-. The van der Waals surface area contributed by atoms with Crippen molar-refractivity contribution in [2.45, 2.75) is 93.0 Å². The number of carbonyl (C=O) groups is 2. The number of aliphatic imine (C=N–C) groups is 2. The van der Waals surface area contributed by atoms with Crippen LogP contribution in [0, 0.1) is 13.8 Å². The smallest absolute Gasteiger partial charge is 0.257 e. The van der Waals surface area contributed by atoms with E-state index in [1.807, 2.05) is 58.9 Å². The number of unbranched alkanes of at least 4 members (excludes halogenated alkanes) is 1. The van der Waals surface area contributed by atoms with Gasteiger partial charge in [-0.15, -0.1) is 0 Å². The Hall–Kier alpha value is -3.85. The van der Waals surface area contributed by atoms with E-state index in [1.165, 1.54) is 6.42 Å². The molecule has 2 amide bonds. The van der Waals surface area contributed by atoms with Gasteiger partial charge >= 0.3 is 0 Å². The Labute approximate surface area is 257 Å². The average molecular weight is 588 g/mol. The lowest BCUT2D eigenvalue weighted by Gasteiger charge is -2.25. The monoisotopic (exact) mass is 587 g/mol. The summed E-state index contributed by atoms with van der Waals surface area (Å²) < 4.78 is 0. The molecule has 9 nitrogen and oxygen atoms in total. The second-order valence-electron chi connectivity index (χ2n) is 11.5. The molecule has 3 heterocycles. The van der Waals surface area contributed by atoms with Gasteiger partial charge in [0.2, 0.25) is 5.91 Å². The van der Waals surface area contributed by atoms with Gasteiger partial charge in [0.05, 0.1) is 29.6 Å². The van der Waals surface area contributed by atoms with Crippen molar-refractivity contribution in [3.8, 4) is 0 Å². The van der Waals surface area contributed by atoms with Crippen LogP contribution in [0.3, 0.4) is 0 Å². The van der Waals surface area contributed by atoms with Crippen molar-refractivity contribution < 1.29 is 9.59 Å². The lowest BCUT2D eigenvalue weighted by molar-refractivity contribution is -0.121. The van der Waals surface area contributed by atoms with E-state index in [2.05, 4.69) is 39.6 Å². The predicted octanol–water partition coefficient (Wildman–Crippen LogP) is 5.87. The molecule has 0 bridgehead atoms. The summed E-state index contributed by atoms with van der Waals surface area (Å²) in [7, 11) is 0. The van der Waals surface area contributed by atoms with E-state index >= 15 is 0 Å². The third-order valence-corrected chi connectivity index (χ3v) is 7.55. The van der Waals surface area contributed by atoms with Gasteiger partial charge in [0.25, 0.3) is 5.91 Å². The van der Waals surface area contributed by atoms with E-state index in [9.17, 15) is 9.59 Å². The van der Waals surface area contributed by atoms with Crippen LogP contribution < -0.4 is 10.6 Å². The number of aryl methyl sites for hydroxylation is 2. The molecule has 1 aromatic rings. The van der Waals surface area contributed by atoms with Crippen LogP contribution in [-0.4, -0.2) is 65.0 Å². The number of nitrogens with one attached hydrogen (secondary N) is 3. The Morgan fingerprint density at radius 1 is 1.07 bits per heavy atom. The fourth-order valence-corrected chi connectivity index (χ4v) is 4.99. The third-order valence-electron chi connectivity index (χ3n) is 7.55. The number of H-pyrrole nitrogens is 1. The summed E-state index contributed by atoms with van der Waals surface area (Å²) in [5, 5.41) is 13.5. The average Bonchev–Trinajstić information content (AvgIpc) is 3.34. The number of aromatic amines is 1. The zero-order valence-electron chi connectivity index (χ0n) is 27.0. The van der Waals surface area contributed by atoms with Crippen LogP contribution >= 0.6 is 0 Å². The molecular weight excluding hydrogens is 538 g/mol. The number of allylic oxidation sites excluding steroid dienone is 5. The Morgan fingerprint density at radius 3 is 2.44 bits per heavy atom. The second kappa shape index (κ2) is 16.7. The van der Waals surface area contributed by atoms with Gasteiger partial charge in [0.1, 0.15) is 0 Å². The molecule has 2 aliphatic heterocycles. The molecule has 43 heavy (non-hydrogen) atoms. The summed E-state index contributed by atoms with van der Waals surface area (Å²) in [6, 6.07) is -0.150. The number of hydrogen-bond donors (Lipinski definition) is 3. The largest absolute Gasteiger partial charge is 0.325 e. The van der Waals surface area contributed by atoms with Gasteiger partial charge in [-0.2, -0.15) is 5.10 Å². The first-order valence-corrected chi connectivity index (χ1v) is 15.5. The van der Waals surface area contributed by atoms with Crippen molar-refractivity contribution in [3.63, 3.8) is 0 Å². The van der Waals surface area contributed by atoms with Crippen LogP contribution in [0.15, 0.2) is 62.4 Å². The minimum atomic E-state index is -0.286. The van der Waals surface area contributed by atoms with Crippen molar-refractivity contribution >= 4 is 29.9 Å². The summed E-state index contributed by atoms with van der Waals surface area (Å²) in [4.78, 5) is 38.4. The molecule has 9 heteroatoms. The lowest BCUT2D eigenvalue weighted by atomic mass is 10.1. The lowest BCUT2D eigenvalue weighted by Crippen LogP contribution is -2.39. The molecule has 1 fully saturated rings. The Bertz CT molecular complexity index is 1340. The molecule has 0 aromatic carbocycles. The fraction of sp³-hybridized carbons (Fsp3) is 0.500. The molecular formula is C34H49N7O2. The topological polar surface area (TPSA) is 115 Å². The number of hydrogen-bond acceptors (Lipinski definition) is 6. The summed E-state index contributed by atoms with van der Waals surface area (Å²) in [5.41, 5.74) is 6.84. The van der Waals surface area contributed by atoms with Crippen LogP contribution in [0.25, 0.3) is 5.70 Å². The minimum Gasteiger partial charge on any atom is -0.325 e. The highest BCUT2D eigenvalue weighted by atomic mass is 16.2. The molecule has 2 aliphatic rings. The van der Waals surface area contributed by atoms with E-state index in [0.717, 1.165) is 73.4 Å². The molecule has 0 radical (unpaired) electrons. The molecule has 3 rings (SSSR count). The van der Waals surface area contributed by atoms with Gasteiger partial charge in [-0.1, -0.05) is 38.3 Å². The van der Waals surface area contributed by atoms with Crippen LogP contribution in [0.4, 0.5) is 0 Å². The normalized spacial score (nSPS) is 21.9. The highest BCUT2D eigenvalue weighted by molar-refractivity contribution is 6.17. The highest BCUT2D eigenvalue weighted by Crippen LogP contribution is 2.25. The number of likely N-dealkylation sites (tertiary alicyclic amines) is 1. The van der Waals surface area contributed by atoms with Crippen molar-refractivity contribution in [1.29, 1.82) is 0 Å². The first kappa shape index (κ1) is 33.6. The van der Waals surface area contributed by atoms with Crippen LogP contribution in [0.5, 0.6) is 0 Å². The molecule has 232 valence electrons. The van der Waals surface area contributed by atoms with Gasteiger partial charge in [-0.05, 0) is 97.2 Å². The highest BCUT2D eigenvalue weighted by Gasteiger charge is 2.18. The summed E-state index contributed by atoms with van der Waals surface area (Å²) in [6.07, 6.45) is 17.3. The van der Waals surface area contributed by atoms with E-state index in [1.54, 1.807) is 12.4 Å². The maximum absolute atomic E-state index is 13.7. The van der Waals surface area contributed by atoms with E-state index in [-0.39, 0.29) is 17.9 Å². The molecule has 1 unspecified atom stereocenters. The zero-order chi connectivity index (χ0) is 31.4. The van der Waals surface area contributed by atoms with Crippen molar-refractivity contribution in [3.05, 3.63) is 69.4 Å².